The molecule has 108 valence electrons. The third kappa shape index (κ3) is 3.66. The van der Waals surface area contributed by atoms with Gasteiger partial charge in [0.15, 0.2) is 0 Å². The minimum Gasteiger partial charge on any atom is -0.488 e. The maximum atomic E-state index is 11.9. The van der Waals surface area contributed by atoms with Crippen LogP contribution in [0.25, 0.3) is 0 Å². The van der Waals surface area contributed by atoms with E-state index in [2.05, 4.69) is 5.32 Å². The van der Waals surface area contributed by atoms with Crippen LogP contribution in [0.2, 0.25) is 0 Å². The van der Waals surface area contributed by atoms with Crippen LogP contribution in [0.5, 0.6) is 5.75 Å². The molecule has 0 bridgehead atoms. The van der Waals surface area contributed by atoms with Crippen LogP contribution < -0.4 is 10.1 Å². The number of hydrogen-bond donors (Lipinski definition) is 2. The van der Waals surface area contributed by atoms with Gasteiger partial charge in [0.25, 0.3) is 6.43 Å². The van der Waals surface area contributed by atoms with Crippen LogP contribution in [0.15, 0.2) is 24.3 Å². The van der Waals surface area contributed by atoms with Crippen molar-refractivity contribution in [3.8, 4) is 5.75 Å². The third-order valence-corrected chi connectivity index (χ3v) is 2.94. The lowest BCUT2D eigenvalue weighted by molar-refractivity contribution is -0.139. The molecule has 1 saturated carbocycles. The molecule has 2 atom stereocenters. The highest BCUT2D eigenvalue weighted by atomic mass is 19.3. The first-order valence-corrected chi connectivity index (χ1v) is 6.02. The monoisotopic (exact) mass is 285 g/mol. The first-order valence-electron chi connectivity index (χ1n) is 6.02. The van der Waals surface area contributed by atoms with Gasteiger partial charge in [-0.1, -0.05) is 0 Å². The molecule has 1 amide bonds. The van der Waals surface area contributed by atoms with Gasteiger partial charge in [-0.3, -0.25) is 9.59 Å². The maximum absolute atomic E-state index is 11.9. The molecule has 1 aromatic rings. The number of aliphatic carboxylic acids is 1. The van der Waals surface area contributed by atoms with E-state index in [1.54, 1.807) is 0 Å². The van der Waals surface area contributed by atoms with Crippen LogP contribution in [-0.4, -0.2) is 30.0 Å². The predicted molar refractivity (Wildman–Crippen MR) is 65.8 cm³/mol. The van der Waals surface area contributed by atoms with Gasteiger partial charge in [0, 0.05) is 5.69 Å². The highest BCUT2D eigenvalue weighted by Gasteiger charge is 2.48. The fourth-order valence-corrected chi connectivity index (χ4v) is 1.79. The Morgan fingerprint density at radius 3 is 2.45 bits per heavy atom. The Hall–Kier alpha value is -2.18. The summed E-state index contributed by atoms with van der Waals surface area (Å²) in [7, 11) is 0. The van der Waals surface area contributed by atoms with E-state index in [9.17, 15) is 18.4 Å². The van der Waals surface area contributed by atoms with E-state index < -0.39 is 30.8 Å². The molecule has 1 fully saturated rings. The second-order valence-electron chi connectivity index (χ2n) is 4.50. The van der Waals surface area contributed by atoms with Crippen molar-refractivity contribution in [1.29, 1.82) is 0 Å². The fourth-order valence-electron chi connectivity index (χ4n) is 1.79. The van der Waals surface area contributed by atoms with E-state index in [1.807, 2.05) is 0 Å². The third-order valence-electron chi connectivity index (χ3n) is 2.94. The Bertz CT molecular complexity index is 504. The number of ether oxygens (including phenoxy) is 1. The van der Waals surface area contributed by atoms with Crippen molar-refractivity contribution in [1.82, 2.24) is 0 Å². The number of carbonyl (C=O) groups is 2. The van der Waals surface area contributed by atoms with Crippen LogP contribution >= 0.6 is 0 Å². The van der Waals surface area contributed by atoms with Crippen molar-refractivity contribution in [3.63, 3.8) is 0 Å². The number of alkyl halides is 2. The minimum atomic E-state index is -2.54. The van der Waals surface area contributed by atoms with Crippen LogP contribution in [0, 0.1) is 11.8 Å². The number of rotatable bonds is 6. The van der Waals surface area contributed by atoms with Crippen molar-refractivity contribution in [2.45, 2.75) is 12.8 Å². The first-order chi connectivity index (χ1) is 9.47. The van der Waals surface area contributed by atoms with Crippen LogP contribution in [0.3, 0.4) is 0 Å². The van der Waals surface area contributed by atoms with Crippen LogP contribution in [-0.2, 0) is 9.59 Å². The van der Waals surface area contributed by atoms with Gasteiger partial charge in [-0.25, -0.2) is 8.78 Å². The molecule has 20 heavy (non-hydrogen) atoms. The predicted octanol–water partition coefficient (Wildman–Crippen LogP) is 1.99. The number of benzene rings is 1. The standard InChI is InChI=1S/C13H13F2NO4/c14-11(15)6-20-8-3-1-7(2-4-8)16-12(17)9-5-10(9)13(18)19/h1-4,9-11H,5-6H2,(H,16,17)(H,18,19). The average Bonchev–Trinajstić information content (AvgIpc) is 3.18. The lowest BCUT2D eigenvalue weighted by atomic mass is 10.2. The summed E-state index contributed by atoms with van der Waals surface area (Å²) in [5.41, 5.74) is 0.468. The maximum Gasteiger partial charge on any atom is 0.307 e. The van der Waals surface area contributed by atoms with E-state index in [0.717, 1.165) is 0 Å². The number of carbonyl (C=O) groups excluding carboxylic acids is 1. The number of carboxylic acids is 1. The molecule has 0 aromatic heterocycles. The second-order valence-corrected chi connectivity index (χ2v) is 4.50. The Morgan fingerprint density at radius 1 is 1.30 bits per heavy atom. The van der Waals surface area contributed by atoms with E-state index in [-0.39, 0.29) is 11.7 Å². The van der Waals surface area contributed by atoms with Crippen molar-refractivity contribution in [3.05, 3.63) is 24.3 Å². The van der Waals surface area contributed by atoms with Gasteiger partial charge in [0.2, 0.25) is 5.91 Å². The lowest BCUT2D eigenvalue weighted by Gasteiger charge is -2.07. The summed E-state index contributed by atoms with van der Waals surface area (Å²) < 4.78 is 28.7. The molecule has 0 aliphatic heterocycles. The zero-order chi connectivity index (χ0) is 14.7. The fraction of sp³-hybridized carbons (Fsp3) is 0.385. The average molecular weight is 285 g/mol. The summed E-state index contributed by atoms with van der Waals surface area (Å²) in [5.74, 6) is -2.15. The molecule has 1 aliphatic carbocycles. The van der Waals surface area contributed by atoms with Gasteiger partial charge < -0.3 is 15.2 Å². The van der Waals surface area contributed by atoms with Gasteiger partial charge >= 0.3 is 5.97 Å². The van der Waals surface area contributed by atoms with Crippen molar-refractivity contribution < 1.29 is 28.2 Å². The van der Waals surface area contributed by atoms with Crippen LogP contribution in [0.1, 0.15) is 6.42 Å². The van der Waals surface area contributed by atoms with E-state index in [1.165, 1.54) is 24.3 Å². The molecular formula is C13H13F2NO4. The van der Waals surface area contributed by atoms with E-state index >= 15 is 0 Å². The summed E-state index contributed by atoms with van der Waals surface area (Å²) in [5, 5.41) is 11.3. The summed E-state index contributed by atoms with van der Waals surface area (Å²) in [6.45, 7) is -0.686. The molecule has 1 aromatic carbocycles. The number of nitrogens with one attached hydrogen (secondary N) is 1. The number of anilines is 1. The van der Waals surface area contributed by atoms with E-state index in [0.29, 0.717) is 12.1 Å². The quantitative estimate of drug-likeness (QED) is 0.838. The van der Waals surface area contributed by atoms with Gasteiger partial charge in [-0.15, -0.1) is 0 Å². The number of carboxylic acid groups (broad SMARTS) is 1. The van der Waals surface area contributed by atoms with Gasteiger partial charge in [0.05, 0.1) is 11.8 Å². The highest BCUT2D eigenvalue weighted by molar-refractivity contribution is 5.98. The molecule has 2 unspecified atom stereocenters. The second kappa shape index (κ2) is 5.85. The molecule has 1 aliphatic rings. The molecule has 0 heterocycles. The summed E-state index contributed by atoms with van der Waals surface area (Å²) in [4.78, 5) is 22.3. The highest BCUT2D eigenvalue weighted by Crippen LogP contribution is 2.39. The summed E-state index contributed by atoms with van der Waals surface area (Å²) in [6.07, 6.45) is -2.20. The molecule has 0 saturated heterocycles. The zero-order valence-corrected chi connectivity index (χ0v) is 10.4. The van der Waals surface area contributed by atoms with Crippen molar-refractivity contribution in [2.24, 2.45) is 11.8 Å². The van der Waals surface area contributed by atoms with Crippen molar-refractivity contribution in [2.75, 3.05) is 11.9 Å². The zero-order valence-electron chi connectivity index (χ0n) is 10.4. The molecule has 0 spiro atoms. The van der Waals surface area contributed by atoms with Gasteiger partial charge in [-0.2, -0.15) is 0 Å². The van der Waals surface area contributed by atoms with E-state index in [4.69, 9.17) is 9.84 Å². The summed E-state index contributed by atoms with van der Waals surface area (Å²) in [6, 6.07) is 5.94. The number of hydrogen-bond acceptors (Lipinski definition) is 3. The Balaban J connectivity index is 1.85. The smallest absolute Gasteiger partial charge is 0.307 e. The van der Waals surface area contributed by atoms with Crippen molar-refractivity contribution >= 4 is 17.6 Å². The molecule has 2 rings (SSSR count). The van der Waals surface area contributed by atoms with Gasteiger partial charge in [-0.05, 0) is 30.7 Å². The van der Waals surface area contributed by atoms with Crippen LogP contribution in [0.4, 0.5) is 14.5 Å². The Labute approximate surface area is 113 Å². The Kier molecular flexibility index (Phi) is 4.16. The SMILES string of the molecule is O=C(O)C1CC1C(=O)Nc1ccc(OCC(F)F)cc1. The molecule has 7 heteroatoms. The number of amides is 1. The topological polar surface area (TPSA) is 75.6 Å². The Morgan fingerprint density at radius 2 is 1.95 bits per heavy atom. The first kappa shape index (κ1) is 14.2. The van der Waals surface area contributed by atoms with Gasteiger partial charge in [0.1, 0.15) is 12.4 Å². The molecule has 2 N–H and O–H groups in total. The lowest BCUT2D eigenvalue weighted by Crippen LogP contribution is -2.16. The summed E-state index contributed by atoms with van der Waals surface area (Å²) >= 11 is 0. The minimum absolute atomic E-state index is 0.276. The largest absolute Gasteiger partial charge is 0.488 e. The molecule has 5 nitrogen and oxygen atoms in total. The molecule has 0 radical (unpaired) electrons. The molecular weight excluding hydrogens is 272 g/mol. The normalized spacial score (nSPS) is 20.6. The number of halogens is 2.